The van der Waals surface area contributed by atoms with Gasteiger partial charge in [0.15, 0.2) is 5.78 Å². The number of Topliss-reactive ketones (excluding diaryl/α,β-unsaturated/α-hetero) is 1. The normalized spacial score (nSPS) is 29.5. The quantitative estimate of drug-likeness (QED) is 0.457. The molecule has 1 aliphatic heterocycles. The third kappa shape index (κ3) is 4.96. The van der Waals surface area contributed by atoms with Crippen molar-refractivity contribution in [1.29, 1.82) is 0 Å². The van der Waals surface area contributed by atoms with E-state index >= 15 is 0 Å². The van der Waals surface area contributed by atoms with Crippen molar-refractivity contribution >= 4 is 34.9 Å². The topological polar surface area (TPSA) is 99.9 Å². The van der Waals surface area contributed by atoms with Gasteiger partial charge >= 0.3 is 6.03 Å². The van der Waals surface area contributed by atoms with Crippen LogP contribution in [-0.4, -0.2) is 70.5 Å². The van der Waals surface area contributed by atoms with Crippen LogP contribution >= 0.6 is 11.6 Å². The van der Waals surface area contributed by atoms with Gasteiger partial charge in [-0.25, -0.2) is 4.79 Å². The number of nitrogens with zero attached hydrogens (tertiary/aromatic N) is 4. The van der Waals surface area contributed by atoms with Gasteiger partial charge in [-0.1, -0.05) is 23.7 Å². The van der Waals surface area contributed by atoms with E-state index in [0.29, 0.717) is 65.3 Å². The number of hydrogen-bond acceptors (Lipinski definition) is 6. The molecule has 4 saturated carbocycles. The van der Waals surface area contributed by atoms with E-state index in [2.05, 4.69) is 15.3 Å². The number of piperidine rings is 1. The summed E-state index contributed by atoms with van der Waals surface area (Å²) in [6.07, 6.45) is 6.87. The number of carbonyl (C=O) groups is 2. The van der Waals surface area contributed by atoms with E-state index in [-0.39, 0.29) is 17.9 Å². The van der Waals surface area contributed by atoms with Crippen molar-refractivity contribution in [3.05, 3.63) is 35.0 Å². The first-order valence-corrected chi connectivity index (χ1v) is 14.9. The summed E-state index contributed by atoms with van der Waals surface area (Å²) < 4.78 is 7.07. The molecule has 7 rings (SSSR count). The number of carbonyl (C=O) groups excluding carboxylic acids is 2. The molecule has 2 N–H and O–H groups in total. The van der Waals surface area contributed by atoms with Gasteiger partial charge in [0.2, 0.25) is 0 Å². The van der Waals surface area contributed by atoms with Gasteiger partial charge in [-0.05, 0) is 80.8 Å². The largest absolute Gasteiger partial charge is 0.495 e. The number of urea groups is 1. The van der Waals surface area contributed by atoms with Gasteiger partial charge in [0.05, 0.1) is 18.4 Å². The van der Waals surface area contributed by atoms with E-state index in [4.69, 9.17) is 16.3 Å². The van der Waals surface area contributed by atoms with Crippen molar-refractivity contribution in [2.45, 2.75) is 63.0 Å². The van der Waals surface area contributed by atoms with Crippen LogP contribution in [0.5, 0.6) is 5.75 Å². The molecule has 5 aliphatic rings. The first-order chi connectivity index (χ1) is 19.2. The first kappa shape index (κ1) is 27.4. The highest BCUT2D eigenvalue weighted by atomic mass is 35.5. The standard InChI is InChI=1S/C30H40ClN5O4/c1-34(21-8-10-36(11-9-21)29(38)32-23-6-4-5-7-25(23)40-3)28-26(31)27(33-35(28)2)24(37)14-22-19-12-18-13-20(22)17-30(39,15-18)16-19/h4-7,18-22,39H,8-17H2,1-3H3,(H,32,38). The number of rotatable bonds is 7. The number of halogens is 1. The number of hydrogen-bond donors (Lipinski definition) is 2. The van der Waals surface area contributed by atoms with Crippen LogP contribution in [0.3, 0.4) is 0 Å². The Balaban J connectivity index is 1.08. The Morgan fingerprint density at radius 3 is 2.50 bits per heavy atom. The lowest BCUT2D eigenvalue weighted by molar-refractivity contribution is -0.151. The van der Waals surface area contributed by atoms with Gasteiger partial charge in [-0.3, -0.25) is 9.48 Å². The number of methoxy groups -OCH3 is 1. The Bertz CT molecular complexity index is 1270. The minimum atomic E-state index is -0.501. The Kier molecular flexibility index (Phi) is 7.23. The minimum Gasteiger partial charge on any atom is -0.495 e. The first-order valence-electron chi connectivity index (χ1n) is 14.6. The molecule has 0 spiro atoms. The summed E-state index contributed by atoms with van der Waals surface area (Å²) in [5, 5.41) is 18.9. The third-order valence-corrected chi connectivity index (χ3v) is 10.4. The molecule has 5 fully saturated rings. The van der Waals surface area contributed by atoms with Crippen molar-refractivity contribution < 1.29 is 19.4 Å². The van der Waals surface area contributed by atoms with Crippen LogP contribution in [0.15, 0.2) is 24.3 Å². The Morgan fingerprint density at radius 2 is 1.85 bits per heavy atom. The number of para-hydroxylation sites is 2. The second-order valence-electron chi connectivity index (χ2n) is 12.6. The molecule has 2 heterocycles. The number of aryl methyl sites for hydroxylation is 1. The molecule has 2 atom stereocenters. The summed E-state index contributed by atoms with van der Waals surface area (Å²) in [6.45, 7) is 1.21. The van der Waals surface area contributed by atoms with Crippen LogP contribution in [0.1, 0.15) is 61.9 Å². The lowest BCUT2D eigenvalue weighted by Gasteiger charge is -2.58. The number of anilines is 2. The Labute approximate surface area is 240 Å². The van der Waals surface area contributed by atoms with E-state index < -0.39 is 5.60 Å². The van der Waals surface area contributed by atoms with Crippen LogP contribution in [0, 0.1) is 23.7 Å². The maximum absolute atomic E-state index is 13.5. The van der Waals surface area contributed by atoms with Crippen LogP contribution in [0.25, 0.3) is 0 Å². The van der Waals surface area contributed by atoms with E-state index in [1.54, 1.807) is 11.8 Å². The van der Waals surface area contributed by atoms with Gasteiger partial charge < -0.3 is 25.0 Å². The number of likely N-dealkylation sites (tertiary alicyclic amines) is 1. The number of nitrogens with one attached hydrogen (secondary N) is 1. The van der Waals surface area contributed by atoms with Gasteiger partial charge in [-0.2, -0.15) is 5.10 Å². The highest BCUT2D eigenvalue weighted by molar-refractivity contribution is 6.36. The molecule has 1 aromatic heterocycles. The van der Waals surface area contributed by atoms with Crippen molar-refractivity contribution in [2.24, 2.45) is 30.7 Å². The van der Waals surface area contributed by atoms with Crippen LogP contribution in [0.2, 0.25) is 5.02 Å². The number of aliphatic hydroxyl groups is 1. The summed E-state index contributed by atoms with van der Waals surface area (Å²) in [5.41, 5.74) is 0.504. The Hall–Kier alpha value is -2.78. The molecule has 1 aromatic carbocycles. The third-order valence-electron chi connectivity index (χ3n) is 10.1. The summed E-state index contributed by atoms with van der Waals surface area (Å²) in [7, 11) is 5.41. The summed E-state index contributed by atoms with van der Waals surface area (Å²) in [6, 6.07) is 7.40. The summed E-state index contributed by atoms with van der Waals surface area (Å²) >= 11 is 6.86. The zero-order valence-electron chi connectivity index (χ0n) is 23.6. The Morgan fingerprint density at radius 1 is 1.18 bits per heavy atom. The molecule has 216 valence electrons. The lowest BCUT2D eigenvalue weighted by Crippen LogP contribution is -2.54. The molecule has 10 heteroatoms. The maximum atomic E-state index is 13.5. The number of benzene rings is 1. The SMILES string of the molecule is COc1ccccc1NC(=O)N1CCC(N(C)c2c(Cl)c(C(=O)CC3C4CC5CC3CC(O)(C5)C4)nn2C)CC1. The maximum Gasteiger partial charge on any atom is 0.321 e. The van der Waals surface area contributed by atoms with Crippen molar-refractivity contribution in [2.75, 3.05) is 37.5 Å². The van der Waals surface area contributed by atoms with Gasteiger partial charge in [0.1, 0.15) is 22.3 Å². The molecule has 2 unspecified atom stereocenters. The molecule has 2 aromatic rings. The second-order valence-corrected chi connectivity index (χ2v) is 12.9. The monoisotopic (exact) mass is 569 g/mol. The summed E-state index contributed by atoms with van der Waals surface area (Å²) in [5.74, 6) is 3.16. The number of ketones is 1. The average Bonchev–Trinajstić information content (AvgIpc) is 3.23. The fourth-order valence-corrected chi connectivity index (χ4v) is 8.75. The van der Waals surface area contributed by atoms with Gasteiger partial charge in [0, 0.05) is 39.6 Å². The molecule has 9 nitrogen and oxygen atoms in total. The predicted molar refractivity (Wildman–Crippen MR) is 154 cm³/mol. The predicted octanol–water partition coefficient (Wildman–Crippen LogP) is 4.97. The second kappa shape index (κ2) is 10.6. The summed E-state index contributed by atoms with van der Waals surface area (Å²) in [4.78, 5) is 30.3. The van der Waals surface area contributed by atoms with Crippen molar-refractivity contribution in [3.8, 4) is 5.75 Å². The van der Waals surface area contributed by atoms with Crippen LogP contribution in [0.4, 0.5) is 16.3 Å². The minimum absolute atomic E-state index is 0.00698. The highest BCUT2D eigenvalue weighted by Crippen LogP contribution is 2.59. The van der Waals surface area contributed by atoms with Crippen molar-refractivity contribution in [1.82, 2.24) is 14.7 Å². The molecular formula is C30H40ClN5O4. The van der Waals surface area contributed by atoms with Crippen LogP contribution in [-0.2, 0) is 7.05 Å². The molecular weight excluding hydrogens is 530 g/mol. The average molecular weight is 570 g/mol. The van der Waals surface area contributed by atoms with E-state index in [1.807, 2.05) is 43.3 Å². The molecule has 40 heavy (non-hydrogen) atoms. The van der Waals surface area contributed by atoms with Crippen LogP contribution < -0.4 is 15.0 Å². The lowest BCUT2D eigenvalue weighted by atomic mass is 9.49. The number of aromatic nitrogens is 2. The van der Waals surface area contributed by atoms with Gasteiger partial charge in [0.25, 0.3) is 0 Å². The number of ether oxygens (including phenoxy) is 1. The zero-order valence-corrected chi connectivity index (χ0v) is 24.4. The fraction of sp³-hybridized carbons (Fsp3) is 0.633. The molecule has 4 bridgehead atoms. The highest BCUT2D eigenvalue weighted by Gasteiger charge is 2.55. The zero-order chi connectivity index (χ0) is 28.2. The van der Waals surface area contributed by atoms with E-state index in [0.717, 1.165) is 50.8 Å². The van der Waals surface area contributed by atoms with Gasteiger partial charge in [-0.15, -0.1) is 0 Å². The molecule has 4 aliphatic carbocycles. The van der Waals surface area contributed by atoms with E-state index in [9.17, 15) is 14.7 Å². The molecule has 2 amide bonds. The molecule has 0 radical (unpaired) electrons. The number of amides is 2. The van der Waals surface area contributed by atoms with E-state index in [1.165, 1.54) is 0 Å². The smallest absolute Gasteiger partial charge is 0.321 e. The van der Waals surface area contributed by atoms with Crippen molar-refractivity contribution in [3.63, 3.8) is 0 Å². The molecule has 1 saturated heterocycles. The fourth-order valence-electron chi connectivity index (χ4n) is 8.35.